The highest BCUT2D eigenvalue weighted by Crippen LogP contribution is 2.39. The van der Waals surface area contributed by atoms with Gasteiger partial charge in [-0.15, -0.1) is 0 Å². The third-order valence-corrected chi connectivity index (χ3v) is 12.6. The van der Waals surface area contributed by atoms with Gasteiger partial charge in [-0.1, -0.05) is 170 Å². The average Bonchev–Trinajstić information content (AvgIpc) is 3.44. The Morgan fingerprint density at radius 3 is 1.75 bits per heavy atom. The Labute approximate surface area is 425 Å². The molecule has 73 heavy (non-hydrogen) atoms. The van der Waals surface area contributed by atoms with Crippen LogP contribution in [0.5, 0.6) is 5.75 Å². The first-order valence-corrected chi connectivity index (χ1v) is 24.4. The largest absolute Gasteiger partial charge is 0.489 e. The molecule has 0 aromatic heterocycles. The fourth-order valence-corrected chi connectivity index (χ4v) is 9.03. The topological polar surface area (TPSA) is 145 Å². The van der Waals surface area contributed by atoms with Gasteiger partial charge < -0.3 is 56.8 Å². The molecule has 1 unspecified atom stereocenters. The molecule has 0 N–H and O–H groups in total. The van der Waals surface area contributed by atoms with E-state index in [1.165, 1.54) is 7.11 Å². The molecule has 3 saturated heterocycles. The predicted octanol–water partition coefficient (Wildman–Crippen LogP) is 8.91. The summed E-state index contributed by atoms with van der Waals surface area (Å²) in [6, 6.07) is 54.4. The van der Waals surface area contributed by atoms with Crippen molar-refractivity contribution in [1.29, 1.82) is 0 Å². The van der Waals surface area contributed by atoms with Crippen molar-refractivity contribution in [2.45, 2.75) is 93.9 Å². The van der Waals surface area contributed by atoms with Crippen LogP contribution in [-0.4, -0.2) is 100 Å². The Hall–Kier alpha value is -6.56. The van der Waals surface area contributed by atoms with Crippen molar-refractivity contribution < 1.29 is 66.4 Å². The lowest BCUT2D eigenvalue weighted by molar-refractivity contribution is -0.374. The minimum Gasteiger partial charge on any atom is -0.489 e. The molecule has 14 nitrogen and oxygen atoms in total. The monoisotopic (exact) mass is 992 g/mol. The summed E-state index contributed by atoms with van der Waals surface area (Å²) in [5.41, 5.74) is 4.36. The van der Waals surface area contributed by atoms with E-state index in [2.05, 4.69) is 6.58 Å². The second-order valence-corrected chi connectivity index (χ2v) is 17.7. The summed E-state index contributed by atoms with van der Waals surface area (Å²) in [7, 11) is 1.49. The van der Waals surface area contributed by atoms with Crippen molar-refractivity contribution in [2.24, 2.45) is 0 Å². The minimum absolute atomic E-state index is 0.0937. The van der Waals surface area contributed by atoms with Gasteiger partial charge in [-0.25, -0.2) is 4.79 Å². The zero-order valence-electron chi connectivity index (χ0n) is 40.5. The third-order valence-electron chi connectivity index (χ3n) is 12.6. The van der Waals surface area contributed by atoms with Crippen LogP contribution in [0.3, 0.4) is 0 Å². The molecule has 3 aliphatic heterocycles. The molecular formula is C59H60O14. The van der Waals surface area contributed by atoms with Gasteiger partial charge in [0, 0.05) is 18.2 Å². The van der Waals surface area contributed by atoms with E-state index in [0.29, 0.717) is 16.9 Å². The van der Waals surface area contributed by atoms with E-state index in [4.69, 9.17) is 56.8 Å². The maximum atomic E-state index is 14.4. The second-order valence-electron chi connectivity index (χ2n) is 17.7. The molecule has 3 fully saturated rings. The maximum Gasteiger partial charge on any atom is 0.338 e. The van der Waals surface area contributed by atoms with Gasteiger partial charge in [-0.2, -0.15) is 0 Å². The third kappa shape index (κ3) is 13.5. The van der Waals surface area contributed by atoms with Gasteiger partial charge in [0.2, 0.25) is 0 Å². The number of hydrogen-bond donors (Lipinski definition) is 0. The SMILES string of the molecule is C=CCOc1ccccc1CC(=O)O[C@H]1[C@H](OC[C@H]2O[C@H](OC)[C@H](OCc3ccccc3)[C@@H](OC(=O)c3ccccc3)[C@@H]2OCc2ccccc2)O[C@@H]2COC(c3ccccc3)O[C@@H]2[C@@H]1OCc1ccccc1. The lowest BCUT2D eigenvalue weighted by atomic mass is 9.96. The minimum atomic E-state index is -1.28. The standard InChI is InChI=1S/C59H60O14/c1-3-33-63-46-32-20-19-31-45(46)34-49(60)71-55-52(65-36-41-23-11-5-12-24-41)51-48(39-67-57(73-51)44-29-17-8-18-30-44)70-59(55)68-38-47-50(64-35-40-21-9-4-10-22-40)53(72-56(61)43-27-15-7-16-28-43)54(58(62-2)69-47)66-37-42-25-13-6-14-26-42/h3-32,47-48,50-55,57-59H,1,33-39H2,2H3/t47-,48-,50-,51+,52+,53+,54-,55-,57?,58+,59-/m1/s1. The molecule has 3 aliphatic rings. The Morgan fingerprint density at radius 2 is 1.14 bits per heavy atom. The van der Waals surface area contributed by atoms with E-state index in [9.17, 15) is 9.59 Å². The number of fused-ring (bicyclic) bond motifs is 1. The number of esters is 2. The van der Waals surface area contributed by atoms with Crippen LogP contribution < -0.4 is 4.74 Å². The summed E-state index contributed by atoms with van der Waals surface area (Å²) < 4.78 is 78.3. The van der Waals surface area contributed by atoms with E-state index < -0.39 is 79.6 Å². The lowest BCUT2D eigenvalue weighted by Crippen LogP contribution is -2.65. The number of ether oxygens (including phenoxy) is 12. The number of rotatable bonds is 22. The number of para-hydroxylation sites is 1. The number of carbonyl (C=O) groups is 2. The second kappa shape index (κ2) is 25.9. The van der Waals surface area contributed by atoms with Crippen molar-refractivity contribution in [1.82, 2.24) is 0 Å². The first kappa shape index (κ1) is 51.3. The van der Waals surface area contributed by atoms with E-state index in [1.54, 1.807) is 42.5 Å². The summed E-state index contributed by atoms with van der Waals surface area (Å²) in [5, 5.41) is 0. The number of methoxy groups -OCH3 is 1. The van der Waals surface area contributed by atoms with Crippen LogP contribution in [0.15, 0.2) is 189 Å². The van der Waals surface area contributed by atoms with Crippen molar-refractivity contribution in [2.75, 3.05) is 26.9 Å². The molecule has 6 aromatic carbocycles. The molecule has 0 amide bonds. The lowest BCUT2D eigenvalue weighted by Gasteiger charge is -2.49. The van der Waals surface area contributed by atoms with Crippen LogP contribution in [-0.2, 0) is 83.1 Å². The van der Waals surface area contributed by atoms with Gasteiger partial charge in [0.25, 0.3) is 0 Å². The molecular weight excluding hydrogens is 933 g/mol. The quantitative estimate of drug-likeness (QED) is 0.0472. The summed E-state index contributed by atoms with van der Waals surface area (Å²) >= 11 is 0. The Morgan fingerprint density at radius 1 is 0.575 bits per heavy atom. The highest BCUT2D eigenvalue weighted by atomic mass is 16.8. The van der Waals surface area contributed by atoms with E-state index in [1.807, 2.05) is 140 Å². The maximum absolute atomic E-state index is 14.4. The van der Waals surface area contributed by atoms with Gasteiger partial charge in [0.05, 0.1) is 45.0 Å². The van der Waals surface area contributed by atoms with Crippen molar-refractivity contribution in [3.63, 3.8) is 0 Å². The molecule has 9 rings (SSSR count). The molecule has 0 bridgehead atoms. The van der Waals surface area contributed by atoms with Crippen molar-refractivity contribution in [3.05, 3.63) is 222 Å². The Balaban J connectivity index is 1.05. The zero-order chi connectivity index (χ0) is 50.2. The highest BCUT2D eigenvalue weighted by Gasteiger charge is 2.55. The zero-order valence-corrected chi connectivity index (χ0v) is 40.5. The smallest absolute Gasteiger partial charge is 0.338 e. The molecule has 11 atom stereocenters. The number of hydrogen-bond acceptors (Lipinski definition) is 14. The van der Waals surface area contributed by atoms with E-state index in [0.717, 1.165) is 22.3 Å². The molecule has 380 valence electrons. The fraction of sp³-hybridized carbons (Fsp3) is 0.322. The predicted molar refractivity (Wildman–Crippen MR) is 267 cm³/mol. The summed E-state index contributed by atoms with van der Waals surface area (Å²) in [5.74, 6) is -0.683. The van der Waals surface area contributed by atoms with Crippen LogP contribution >= 0.6 is 0 Å². The van der Waals surface area contributed by atoms with Gasteiger partial charge in [-0.05, 0) is 34.9 Å². The van der Waals surface area contributed by atoms with Gasteiger partial charge >= 0.3 is 11.9 Å². The molecule has 0 spiro atoms. The van der Waals surface area contributed by atoms with E-state index in [-0.39, 0.29) is 46.1 Å². The van der Waals surface area contributed by atoms with E-state index >= 15 is 0 Å². The van der Waals surface area contributed by atoms with Crippen LogP contribution in [0.2, 0.25) is 0 Å². The van der Waals surface area contributed by atoms with Gasteiger partial charge in [-0.3, -0.25) is 4.79 Å². The average molecular weight is 993 g/mol. The molecule has 3 heterocycles. The van der Waals surface area contributed by atoms with Crippen molar-refractivity contribution >= 4 is 11.9 Å². The van der Waals surface area contributed by atoms with Gasteiger partial charge in [0.15, 0.2) is 31.1 Å². The molecule has 0 saturated carbocycles. The van der Waals surface area contributed by atoms with Crippen LogP contribution in [0.4, 0.5) is 0 Å². The van der Waals surface area contributed by atoms with Crippen LogP contribution in [0.1, 0.15) is 44.5 Å². The van der Waals surface area contributed by atoms with Crippen LogP contribution in [0, 0.1) is 0 Å². The normalized spacial score (nSPS) is 25.7. The summed E-state index contributed by atoms with van der Waals surface area (Å²) in [6.45, 7) is 4.27. The highest BCUT2D eigenvalue weighted by molar-refractivity contribution is 5.89. The molecule has 0 aliphatic carbocycles. The Bertz CT molecular complexity index is 2620. The number of carbonyl (C=O) groups excluding carboxylic acids is 2. The summed E-state index contributed by atoms with van der Waals surface area (Å²) in [6.07, 6.45) is -9.42. The summed E-state index contributed by atoms with van der Waals surface area (Å²) in [4.78, 5) is 28.5. The first-order chi connectivity index (χ1) is 35.9. The Kier molecular flexibility index (Phi) is 18.2. The van der Waals surface area contributed by atoms with Gasteiger partial charge in [0.1, 0.15) is 49.0 Å². The molecule has 14 heteroatoms. The number of benzene rings is 6. The van der Waals surface area contributed by atoms with Crippen molar-refractivity contribution in [3.8, 4) is 5.75 Å². The van der Waals surface area contributed by atoms with Crippen LogP contribution in [0.25, 0.3) is 0 Å². The fourth-order valence-electron chi connectivity index (χ4n) is 9.03. The molecule has 0 radical (unpaired) electrons. The molecule has 6 aromatic rings. The first-order valence-electron chi connectivity index (χ1n) is 24.4.